The summed E-state index contributed by atoms with van der Waals surface area (Å²) in [5.74, 6) is -0.557. The molecule has 3 heterocycles. The molecule has 0 aromatic heterocycles. The summed E-state index contributed by atoms with van der Waals surface area (Å²) in [6.07, 6.45) is 0.859. The third kappa shape index (κ3) is 5.19. The van der Waals surface area contributed by atoms with Crippen LogP contribution in [0.25, 0.3) is 0 Å². The Morgan fingerprint density at radius 2 is 1.81 bits per heavy atom. The highest BCUT2D eigenvalue weighted by Crippen LogP contribution is 2.60. The van der Waals surface area contributed by atoms with E-state index in [-0.39, 0.29) is 36.4 Å². The van der Waals surface area contributed by atoms with Crippen LogP contribution in [0.15, 0.2) is 82.4 Å². The molecule has 6 rings (SSSR count). The molecule has 8 nitrogen and oxygen atoms in total. The zero-order valence-electron chi connectivity index (χ0n) is 24.5. The molecule has 0 unspecified atom stereocenters. The number of rotatable bonds is 7. The van der Waals surface area contributed by atoms with Crippen molar-refractivity contribution < 1.29 is 24.2 Å². The minimum absolute atomic E-state index is 0.0758. The number of hydrogen-bond donors (Lipinski definition) is 2. The highest BCUT2D eigenvalue weighted by molar-refractivity contribution is 9.10. The van der Waals surface area contributed by atoms with Crippen LogP contribution in [0.4, 0.5) is 11.4 Å². The molecule has 10 heteroatoms. The number of carbonyl (C=O) groups excluding carboxylic acids is 2. The molecule has 0 bridgehead atoms. The van der Waals surface area contributed by atoms with Gasteiger partial charge in [-0.05, 0) is 61.0 Å². The fraction of sp³-hybridized carbons (Fsp3) is 0.364. The topological polar surface area (TPSA) is 103 Å². The molecule has 0 radical (unpaired) electrons. The maximum Gasteiger partial charge on any atom is 0.264 e. The van der Waals surface area contributed by atoms with E-state index in [1.54, 1.807) is 4.90 Å². The molecule has 0 saturated carbocycles. The molecule has 224 valence electrons. The number of aliphatic hydroxyl groups is 1. The van der Waals surface area contributed by atoms with E-state index in [4.69, 9.17) is 9.84 Å². The van der Waals surface area contributed by atoms with Crippen molar-refractivity contribution in [3.05, 3.63) is 94.0 Å². The third-order valence-corrected chi connectivity index (χ3v) is 12.0. The van der Waals surface area contributed by atoms with Gasteiger partial charge in [0.1, 0.15) is 0 Å². The minimum Gasteiger partial charge on any atom is -0.432 e. The van der Waals surface area contributed by atoms with Gasteiger partial charge in [-0.15, -0.1) is 0 Å². The predicted octanol–water partition coefficient (Wildman–Crippen LogP) is 5.71. The normalized spacial score (nSPS) is 25.4. The van der Waals surface area contributed by atoms with Crippen molar-refractivity contribution in [2.75, 3.05) is 16.5 Å². The highest BCUT2D eigenvalue weighted by atomic mass is 79.9. The van der Waals surface area contributed by atoms with Gasteiger partial charge in [0.05, 0.1) is 29.7 Å². The number of ether oxygens (including phenoxy) is 1. The molecule has 3 aliphatic rings. The van der Waals surface area contributed by atoms with Crippen molar-refractivity contribution in [3.8, 4) is 0 Å². The summed E-state index contributed by atoms with van der Waals surface area (Å²) in [4.78, 5) is 40.6. The number of aliphatic hydroxyl groups excluding tert-OH is 1. The number of hydrogen-bond acceptors (Lipinski definition) is 6. The average molecular weight is 663 g/mol. The molecule has 1 spiro atoms. The molecular formula is C33H36BrN3O5Si. The maximum atomic E-state index is 14.5. The van der Waals surface area contributed by atoms with Crippen molar-refractivity contribution in [2.45, 2.75) is 63.1 Å². The quantitative estimate of drug-likeness (QED) is 0.316. The van der Waals surface area contributed by atoms with Crippen LogP contribution in [0, 0.1) is 5.92 Å². The summed E-state index contributed by atoms with van der Waals surface area (Å²) >= 11 is 3.59. The number of anilines is 2. The number of halogens is 1. The predicted molar refractivity (Wildman–Crippen MR) is 172 cm³/mol. The van der Waals surface area contributed by atoms with Crippen LogP contribution in [-0.2, 0) is 26.5 Å². The number of benzene rings is 3. The van der Waals surface area contributed by atoms with Gasteiger partial charge in [0.2, 0.25) is 5.91 Å². The van der Waals surface area contributed by atoms with E-state index in [0.717, 1.165) is 32.6 Å². The first-order chi connectivity index (χ1) is 20.5. The molecule has 1 fully saturated rings. The number of hydrazone groups is 1. The van der Waals surface area contributed by atoms with Crippen LogP contribution in [0.3, 0.4) is 0 Å². The molecule has 3 aliphatic heterocycles. The summed E-state index contributed by atoms with van der Waals surface area (Å²) < 4.78 is 7.51. The first kappa shape index (κ1) is 29.9. The van der Waals surface area contributed by atoms with Crippen LogP contribution in [0.5, 0.6) is 0 Å². The van der Waals surface area contributed by atoms with Crippen LogP contribution < -0.4 is 9.91 Å². The Labute approximate surface area is 261 Å². The van der Waals surface area contributed by atoms with Crippen molar-refractivity contribution in [1.82, 2.24) is 0 Å². The Kier molecular flexibility index (Phi) is 7.93. The first-order valence-electron chi connectivity index (χ1n) is 14.7. The van der Waals surface area contributed by atoms with E-state index in [2.05, 4.69) is 15.9 Å². The lowest BCUT2D eigenvalue weighted by molar-refractivity contribution is -0.146. The fourth-order valence-electron chi connectivity index (χ4n) is 7.16. The van der Waals surface area contributed by atoms with Gasteiger partial charge in [-0.3, -0.25) is 9.59 Å². The molecule has 4 atom stereocenters. The summed E-state index contributed by atoms with van der Waals surface area (Å²) in [7, 11) is -2.77. The molecular weight excluding hydrogens is 626 g/mol. The van der Waals surface area contributed by atoms with E-state index in [9.17, 15) is 19.5 Å². The zero-order chi connectivity index (χ0) is 30.5. The summed E-state index contributed by atoms with van der Waals surface area (Å²) in [5.41, 5.74) is 3.35. The molecule has 3 aromatic carbocycles. The summed E-state index contributed by atoms with van der Waals surface area (Å²) in [6.45, 7) is 5.92. The second-order valence-corrected chi connectivity index (χ2v) is 17.1. The van der Waals surface area contributed by atoms with Gasteiger partial charge < -0.3 is 19.5 Å². The van der Waals surface area contributed by atoms with Gasteiger partial charge in [0.15, 0.2) is 13.9 Å². The molecule has 2 N–H and O–H groups in total. The van der Waals surface area contributed by atoms with Gasteiger partial charge in [-0.2, -0.15) is 5.10 Å². The highest BCUT2D eigenvalue weighted by Gasteiger charge is 2.66. The Balaban J connectivity index is 1.35. The van der Waals surface area contributed by atoms with Crippen LogP contribution in [0.1, 0.15) is 42.9 Å². The second kappa shape index (κ2) is 11.4. The maximum absolute atomic E-state index is 14.5. The third-order valence-electron chi connectivity index (χ3n) is 8.99. The number of carbonyl (C=O) groups is 2. The Morgan fingerprint density at radius 1 is 1.05 bits per heavy atom. The zero-order valence-corrected chi connectivity index (χ0v) is 27.1. The number of nitrogens with zero attached hydrogens (tertiary/aromatic N) is 3. The lowest BCUT2D eigenvalue weighted by Gasteiger charge is -2.32. The fourth-order valence-corrected chi connectivity index (χ4v) is 10.1. The van der Waals surface area contributed by atoms with Crippen LogP contribution in [0.2, 0.25) is 18.6 Å². The summed E-state index contributed by atoms with van der Waals surface area (Å²) in [6, 6.07) is 23.2. The van der Waals surface area contributed by atoms with Crippen molar-refractivity contribution >= 4 is 53.1 Å². The van der Waals surface area contributed by atoms with Gasteiger partial charge in [-0.1, -0.05) is 65.3 Å². The molecule has 3 aromatic rings. The van der Waals surface area contributed by atoms with Gasteiger partial charge in [0.25, 0.3) is 5.91 Å². The van der Waals surface area contributed by atoms with Crippen molar-refractivity contribution in [1.29, 1.82) is 0 Å². The Bertz CT molecular complexity index is 1590. The van der Waals surface area contributed by atoms with Crippen LogP contribution in [-0.4, -0.2) is 48.5 Å². The van der Waals surface area contributed by atoms with E-state index < -0.39 is 20.0 Å². The van der Waals surface area contributed by atoms with Crippen molar-refractivity contribution in [2.24, 2.45) is 11.0 Å². The lowest BCUT2D eigenvalue weighted by Crippen LogP contribution is -2.46. The molecule has 1 saturated heterocycles. The second-order valence-electron chi connectivity index (χ2n) is 12.2. The van der Waals surface area contributed by atoms with E-state index in [1.165, 1.54) is 5.01 Å². The first-order valence-corrected chi connectivity index (χ1v) is 18.5. The SMILES string of the molecule is C[C@@H]1[C@@H]([Si](C)(C)O)[C@H](CCO)O[C@@]12C(=O)N(Cc1cccc(N3N=C(c4ccccc4)CCC3=O)c1)c1ccc(Br)cc12. The summed E-state index contributed by atoms with van der Waals surface area (Å²) in [5, 5.41) is 16.0. The average Bonchev–Trinajstić information content (AvgIpc) is 3.40. The Hall–Kier alpha value is -3.15. The Morgan fingerprint density at radius 3 is 2.53 bits per heavy atom. The minimum atomic E-state index is -2.77. The van der Waals surface area contributed by atoms with Crippen LogP contribution >= 0.6 is 15.9 Å². The number of fused-ring (bicyclic) bond motifs is 2. The van der Waals surface area contributed by atoms with E-state index in [1.807, 2.05) is 92.8 Å². The monoisotopic (exact) mass is 661 g/mol. The molecule has 0 aliphatic carbocycles. The van der Waals surface area contributed by atoms with Gasteiger partial charge >= 0.3 is 0 Å². The van der Waals surface area contributed by atoms with Gasteiger partial charge in [0, 0.05) is 40.9 Å². The molecule has 43 heavy (non-hydrogen) atoms. The standard InChI is InChI=1S/C33H36BrN3O5Si/c1-21-31(43(2,3)41)29(16-17-38)42-33(21)26-19-24(34)12-14-28(26)36(32(33)40)20-22-8-7-11-25(18-22)37-30(39)15-13-27(35-37)23-9-5-4-6-10-23/h4-12,14,18-19,21,29,31,38,41H,13,15-17,20H2,1-3H3/t21-,29+,31-,33+/m1/s1. The van der Waals surface area contributed by atoms with E-state index >= 15 is 0 Å². The van der Waals surface area contributed by atoms with E-state index in [0.29, 0.717) is 24.9 Å². The van der Waals surface area contributed by atoms with Crippen molar-refractivity contribution in [3.63, 3.8) is 0 Å². The largest absolute Gasteiger partial charge is 0.432 e. The number of amides is 2. The molecule has 2 amide bonds. The van der Waals surface area contributed by atoms with Gasteiger partial charge in [-0.25, -0.2) is 5.01 Å². The smallest absolute Gasteiger partial charge is 0.264 e. The lowest BCUT2D eigenvalue weighted by atomic mass is 9.82.